The van der Waals surface area contributed by atoms with Gasteiger partial charge < -0.3 is 15.0 Å². The lowest BCUT2D eigenvalue weighted by molar-refractivity contribution is -0.120. The third-order valence-corrected chi connectivity index (χ3v) is 8.25. The number of aromatic amines is 1. The molecule has 2 aliphatic rings. The molecular formula is C35H30N4O4. The molecule has 1 aromatic heterocycles. The first kappa shape index (κ1) is 26.5. The number of amides is 4. The number of carbonyl (C=O) groups excluding carboxylic acids is 3. The largest absolute Gasteiger partial charge is 0.494 e. The number of imide groups is 1. The number of aryl methyl sites for hydroxylation is 1. The summed E-state index contributed by atoms with van der Waals surface area (Å²) < 4.78 is 5.49. The van der Waals surface area contributed by atoms with Crippen molar-refractivity contribution in [1.29, 1.82) is 0 Å². The molecule has 4 aromatic carbocycles. The Hall–Kier alpha value is -5.37. The number of urea groups is 1. The molecule has 2 atom stereocenters. The average molecular weight is 571 g/mol. The van der Waals surface area contributed by atoms with E-state index >= 15 is 0 Å². The number of aromatic nitrogens is 1. The van der Waals surface area contributed by atoms with Crippen LogP contribution in [-0.2, 0) is 11.2 Å². The zero-order valence-electron chi connectivity index (χ0n) is 23.8. The standard InChI is InChI=1S/C35H30N4O4/c1-3-43-24-18-16-23(17-19-24)36-33(40)26-9-5-7-11-29(26)39-34(41)30-20-27-25-8-4-6-10-28(25)37-31(27)32(38(30)35(39)42)22-14-12-21(2)13-15-22/h4-19,30,32,37H,3,20H2,1-2H3,(H,36,40). The van der Waals surface area contributed by atoms with Crippen molar-refractivity contribution < 1.29 is 19.1 Å². The van der Waals surface area contributed by atoms with Crippen molar-refractivity contribution in [2.24, 2.45) is 0 Å². The van der Waals surface area contributed by atoms with E-state index in [4.69, 9.17) is 4.74 Å². The summed E-state index contributed by atoms with van der Waals surface area (Å²) in [5.41, 5.74) is 5.99. The van der Waals surface area contributed by atoms with Crippen molar-refractivity contribution in [3.63, 3.8) is 0 Å². The molecule has 0 saturated carbocycles. The number of anilines is 2. The van der Waals surface area contributed by atoms with Gasteiger partial charge in [0.1, 0.15) is 17.8 Å². The van der Waals surface area contributed by atoms with E-state index in [1.165, 1.54) is 4.90 Å². The lowest BCUT2D eigenvalue weighted by Gasteiger charge is -2.36. The number of hydrogen-bond donors (Lipinski definition) is 2. The SMILES string of the molecule is CCOc1ccc(NC(=O)c2ccccc2N2C(=O)C3Cc4c([nH]c5ccccc45)C(c4ccc(C)cc4)N3C2=O)cc1. The first-order valence-corrected chi connectivity index (χ1v) is 14.4. The topological polar surface area (TPSA) is 94.7 Å². The zero-order valence-corrected chi connectivity index (χ0v) is 23.8. The Morgan fingerprint density at radius 1 is 0.930 bits per heavy atom. The molecule has 4 amide bonds. The summed E-state index contributed by atoms with van der Waals surface area (Å²) >= 11 is 0. The lowest BCUT2D eigenvalue weighted by atomic mass is 9.88. The Balaban J connectivity index is 1.27. The first-order chi connectivity index (χ1) is 20.9. The fraction of sp³-hybridized carbons (Fsp3) is 0.171. The molecule has 8 heteroatoms. The number of para-hydroxylation sites is 2. The number of carbonyl (C=O) groups is 3. The predicted molar refractivity (Wildman–Crippen MR) is 166 cm³/mol. The van der Waals surface area contributed by atoms with E-state index in [9.17, 15) is 14.4 Å². The summed E-state index contributed by atoms with van der Waals surface area (Å²) in [5.74, 6) is -0.0672. The highest BCUT2D eigenvalue weighted by Gasteiger charge is 2.53. The minimum Gasteiger partial charge on any atom is -0.494 e. The zero-order chi connectivity index (χ0) is 29.7. The van der Waals surface area contributed by atoms with Gasteiger partial charge in [0.05, 0.1) is 17.9 Å². The molecule has 214 valence electrons. The molecule has 5 aromatic rings. The highest BCUT2D eigenvalue weighted by atomic mass is 16.5. The molecule has 1 fully saturated rings. The second-order valence-electron chi connectivity index (χ2n) is 10.9. The molecule has 7 rings (SSSR count). The fourth-order valence-corrected chi connectivity index (χ4v) is 6.25. The second kappa shape index (κ2) is 10.5. The Morgan fingerprint density at radius 3 is 2.42 bits per heavy atom. The molecule has 8 nitrogen and oxygen atoms in total. The highest BCUT2D eigenvalue weighted by molar-refractivity contribution is 6.24. The molecule has 0 aliphatic carbocycles. The van der Waals surface area contributed by atoms with Crippen LogP contribution >= 0.6 is 0 Å². The predicted octanol–water partition coefficient (Wildman–Crippen LogP) is 6.61. The number of benzene rings is 4. The average Bonchev–Trinajstić information content (AvgIpc) is 3.51. The van der Waals surface area contributed by atoms with E-state index in [1.807, 2.05) is 62.4 Å². The first-order valence-electron chi connectivity index (χ1n) is 14.4. The number of nitrogens with one attached hydrogen (secondary N) is 2. The Kier molecular flexibility index (Phi) is 6.46. The van der Waals surface area contributed by atoms with E-state index in [0.29, 0.717) is 24.5 Å². The minimum atomic E-state index is -0.715. The van der Waals surface area contributed by atoms with Gasteiger partial charge in [-0.05, 0) is 67.4 Å². The Labute approximate surface area is 248 Å². The van der Waals surface area contributed by atoms with Crippen LogP contribution in [-0.4, -0.2) is 40.4 Å². The minimum absolute atomic E-state index is 0.230. The van der Waals surface area contributed by atoms with Gasteiger partial charge in [-0.1, -0.05) is 60.2 Å². The molecule has 3 heterocycles. The van der Waals surface area contributed by atoms with Crippen molar-refractivity contribution in [2.45, 2.75) is 32.4 Å². The number of fused-ring (bicyclic) bond motifs is 4. The van der Waals surface area contributed by atoms with Crippen LogP contribution in [0.4, 0.5) is 16.2 Å². The van der Waals surface area contributed by atoms with Crippen molar-refractivity contribution in [2.75, 3.05) is 16.8 Å². The van der Waals surface area contributed by atoms with Crippen molar-refractivity contribution >= 4 is 40.1 Å². The lowest BCUT2D eigenvalue weighted by Crippen LogP contribution is -2.44. The summed E-state index contributed by atoms with van der Waals surface area (Å²) in [6.45, 7) is 4.46. The van der Waals surface area contributed by atoms with Crippen molar-refractivity contribution in [1.82, 2.24) is 9.88 Å². The van der Waals surface area contributed by atoms with Gasteiger partial charge in [-0.2, -0.15) is 0 Å². The fourth-order valence-electron chi connectivity index (χ4n) is 6.25. The third kappa shape index (κ3) is 4.43. The van der Waals surface area contributed by atoms with Crippen LogP contribution in [0.5, 0.6) is 5.75 Å². The summed E-state index contributed by atoms with van der Waals surface area (Å²) in [7, 11) is 0. The number of nitrogens with zero attached hydrogens (tertiary/aromatic N) is 2. The monoisotopic (exact) mass is 570 g/mol. The van der Waals surface area contributed by atoms with Gasteiger partial charge in [0.15, 0.2) is 0 Å². The van der Waals surface area contributed by atoms with Crippen LogP contribution in [0, 0.1) is 6.92 Å². The molecule has 43 heavy (non-hydrogen) atoms. The van der Waals surface area contributed by atoms with E-state index in [2.05, 4.69) is 10.3 Å². The molecular weight excluding hydrogens is 540 g/mol. The molecule has 2 N–H and O–H groups in total. The van der Waals surface area contributed by atoms with E-state index in [1.54, 1.807) is 53.4 Å². The summed E-state index contributed by atoms with van der Waals surface area (Å²) in [6.07, 6.45) is 0.378. The van der Waals surface area contributed by atoms with Gasteiger partial charge in [-0.15, -0.1) is 0 Å². The summed E-state index contributed by atoms with van der Waals surface area (Å²) in [6, 6.07) is 28.2. The number of rotatable bonds is 6. The molecule has 1 saturated heterocycles. The van der Waals surface area contributed by atoms with Gasteiger partial charge in [-0.25, -0.2) is 9.69 Å². The van der Waals surface area contributed by atoms with Gasteiger partial charge in [0.25, 0.3) is 11.8 Å². The van der Waals surface area contributed by atoms with Crippen molar-refractivity contribution in [3.8, 4) is 5.75 Å². The Bertz CT molecular complexity index is 1880. The maximum Gasteiger partial charge on any atom is 0.332 e. The van der Waals surface area contributed by atoms with Crippen LogP contribution in [0.2, 0.25) is 0 Å². The quantitative estimate of drug-likeness (QED) is 0.225. The third-order valence-electron chi connectivity index (χ3n) is 8.25. The molecule has 0 bridgehead atoms. The van der Waals surface area contributed by atoms with Gasteiger partial charge in [0.2, 0.25) is 0 Å². The highest BCUT2D eigenvalue weighted by Crippen LogP contribution is 2.45. The second-order valence-corrected chi connectivity index (χ2v) is 10.9. The number of H-pyrrole nitrogens is 1. The van der Waals surface area contributed by atoms with Crippen LogP contribution in [0.25, 0.3) is 10.9 Å². The van der Waals surface area contributed by atoms with Crippen LogP contribution in [0.3, 0.4) is 0 Å². The van der Waals surface area contributed by atoms with Crippen molar-refractivity contribution in [3.05, 3.63) is 125 Å². The van der Waals surface area contributed by atoms with E-state index in [0.717, 1.165) is 33.3 Å². The van der Waals surface area contributed by atoms with Gasteiger partial charge in [0, 0.05) is 28.7 Å². The van der Waals surface area contributed by atoms with Gasteiger partial charge >= 0.3 is 6.03 Å². The van der Waals surface area contributed by atoms with Crippen LogP contribution < -0.4 is 15.0 Å². The number of ether oxygens (including phenoxy) is 1. The smallest absolute Gasteiger partial charge is 0.332 e. The normalized spacial score (nSPS) is 17.6. The Morgan fingerprint density at radius 2 is 1.65 bits per heavy atom. The maximum atomic E-state index is 14.3. The maximum absolute atomic E-state index is 14.3. The van der Waals surface area contributed by atoms with E-state index in [-0.39, 0.29) is 17.2 Å². The van der Waals surface area contributed by atoms with E-state index < -0.39 is 24.0 Å². The molecule has 2 unspecified atom stereocenters. The summed E-state index contributed by atoms with van der Waals surface area (Å²) in [4.78, 5) is 48.4. The van der Waals surface area contributed by atoms with Crippen LogP contribution in [0.1, 0.15) is 45.7 Å². The number of hydrogen-bond acceptors (Lipinski definition) is 4. The van der Waals surface area contributed by atoms with Crippen LogP contribution in [0.15, 0.2) is 97.1 Å². The molecule has 0 radical (unpaired) electrons. The molecule has 0 spiro atoms. The van der Waals surface area contributed by atoms with Gasteiger partial charge in [-0.3, -0.25) is 14.5 Å². The summed E-state index contributed by atoms with van der Waals surface area (Å²) in [5, 5.41) is 3.94. The molecule has 2 aliphatic heterocycles.